The first-order chi connectivity index (χ1) is 14.3. The van der Waals surface area contributed by atoms with Gasteiger partial charge in [0.2, 0.25) is 0 Å². The third-order valence-electron chi connectivity index (χ3n) is 4.64. The average Bonchev–Trinajstić information content (AvgIpc) is 3.20. The predicted octanol–water partition coefficient (Wildman–Crippen LogP) is 3.27. The second-order valence-electron chi connectivity index (χ2n) is 6.54. The van der Waals surface area contributed by atoms with E-state index < -0.39 is 0 Å². The van der Waals surface area contributed by atoms with Crippen LogP contribution in [-0.4, -0.2) is 30.7 Å². The maximum absolute atomic E-state index is 12.6. The smallest absolute Gasteiger partial charge is 0.270 e. The van der Waals surface area contributed by atoms with Crippen LogP contribution in [0, 0.1) is 0 Å². The minimum atomic E-state index is -0.272. The number of carbonyl (C=O) groups excluding carboxylic acids is 1. The van der Waals surface area contributed by atoms with Crippen molar-refractivity contribution in [3.8, 4) is 11.3 Å². The molecule has 0 radical (unpaired) electrons. The Balaban J connectivity index is 1.39. The summed E-state index contributed by atoms with van der Waals surface area (Å²) in [7, 11) is 0. The second-order valence-corrected chi connectivity index (χ2v) is 6.54. The standard InChI is InChI=1S/C22H16N6O/c29-22(19-11-10-16-8-4-5-9-17(16)24-19)23-14-21-26-25-20-13-12-18(27-28(20)21)15-6-2-1-3-7-15/h1-13H,14H2,(H,23,29). The summed E-state index contributed by atoms with van der Waals surface area (Å²) in [5.41, 5.74) is 3.57. The highest BCUT2D eigenvalue weighted by molar-refractivity contribution is 5.94. The average molecular weight is 380 g/mol. The zero-order chi connectivity index (χ0) is 19.6. The molecule has 7 nitrogen and oxygen atoms in total. The number of nitrogens with one attached hydrogen (secondary N) is 1. The molecule has 2 aromatic carbocycles. The van der Waals surface area contributed by atoms with Crippen LogP contribution < -0.4 is 5.32 Å². The van der Waals surface area contributed by atoms with Crippen molar-refractivity contribution in [3.05, 3.63) is 90.4 Å². The van der Waals surface area contributed by atoms with Gasteiger partial charge in [-0.2, -0.15) is 9.61 Å². The van der Waals surface area contributed by atoms with Crippen molar-refractivity contribution in [2.45, 2.75) is 6.54 Å². The molecular formula is C22H16N6O. The summed E-state index contributed by atoms with van der Waals surface area (Å²) in [6, 6.07) is 24.9. The van der Waals surface area contributed by atoms with Gasteiger partial charge in [-0.1, -0.05) is 54.6 Å². The monoisotopic (exact) mass is 380 g/mol. The van der Waals surface area contributed by atoms with Gasteiger partial charge in [-0.3, -0.25) is 4.79 Å². The normalized spacial score (nSPS) is 11.0. The highest BCUT2D eigenvalue weighted by Gasteiger charge is 2.12. The van der Waals surface area contributed by atoms with Crippen LogP contribution in [0.15, 0.2) is 78.9 Å². The van der Waals surface area contributed by atoms with Gasteiger partial charge in [0, 0.05) is 10.9 Å². The van der Waals surface area contributed by atoms with Crippen LogP contribution in [0.4, 0.5) is 0 Å². The Morgan fingerprint density at radius 3 is 2.59 bits per heavy atom. The lowest BCUT2D eigenvalue weighted by Crippen LogP contribution is -2.25. The van der Waals surface area contributed by atoms with E-state index in [4.69, 9.17) is 0 Å². The Morgan fingerprint density at radius 1 is 0.862 bits per heavy atom. The van der Waals surface area contributed by atoms with E-state index in [1.165, 1.54) is 0 Å². The van der Waals surface area contributed by atoms with E-state index in [2.05, 4.69) is 25.6 Å². The van der Waals surface area contributed by atoms with Gasteiger partial charge < -0.3 is 5.32 Å². The molecule has 0 atom stereocenters. The molecule has 0 saturated carbocycles. The zero-order valence-electron chi connectivity index (χ0n) is 15.4. The molecule has 1 N–H and O–H groups in total. The third-order valence-corrected chi connectivity index (χ3v) is 4.64. The van der Waals surface area contributed by atoms with Gasteiger partial charge in [0.15, 0.2) is 11.5 Å². The number of carbonyl (C=O) groups is 1. The van der Waals surface area contributed by atoms with E-state index in [-0.39, 0.29) is 12.5 Å². The Labute approximate surface area is 166 Å². The quantitative estimate of drug-likeness (QED) is 0.517. The summed E-state index contributed by atoms with van der Waals surface area (Å²) in [5.74, 6) is 0.277. The van der Waals surface area contributed by atoms with Gasteiger partial charge in [0.1, 0.15) is 5.69 Å². The Bertz CT molecular complexity index is 1330. The van der Waals surface area contributed by atoms with E-state index >= 15 is 0 Å². The summed E-state index contributed by atoms with van der Waals surface area (Å²) in [6.07, 6.45) is 0. The summed E-state index contributed by atoms with van der Waals surface area (Å²) in [6.45, 7) is 0.194. The van der Waals surface area contributed by atoms with Crippen LogP contribution in [-0.2, 0) is 6.54 Å². The number of nitrogens with zero attached hydrogens (tertiary/aromatic N) is 5. The summed E-state index contributed by atoms with van der Waals surface area (Å²) in [4.78, 5) is 17.0. The maximum atomic E-state index is 12.6. The number of rotatable bonds is 4. The van der Waals surface area contributed by atoms with Gasteiger partial charge in [-0.15, -0.1) is 10.2 Å². The van der Waals surface area contributed by atoms with E-state index in [1.54, 1.807) is 10.6 Å². The van der Waals surface area contributed by atoms with Crippen molar-refractivity contribution in [1.29, 1.82) is 0 Å². The van der Waals surface area contributed by atoms with Crippen molar-refractivity contribution in [3.63, 3.8) is 0 Å². The van der Waals surface area contributed by atoms with Crippen LogP contribution in [0.3, 0.4) is 0 Å². The van der Waals surface area contributed by atoms with Crippen LogP contribution in [0.5, 0.6) is 0 Å². The molecule has 0 aliphatic heterocycles. The van der Waals surface area contributed by atoms with Gasteiger partial charge >= 0.3 is 0 Å². The highest BCUT2D eigenvalue weighted by Crippen LogP contribution is 2.17. The van der Waals surface area contributed by atoms with Crippen LogP contribution in [0.25, 0.3) is 27.8 Å². The lowest BCUT2D eigenvalue weighted by molar-refractivity contribution is 0.0945. The number of amides is 1. The summed E-state index contributed by atoms with van der Waals surface area (Å²) in [5, 5.41) is 16.8. The molecule has 3 aromatic heterocycles. The first kappa shape index (κ1) is 17.0. The molecule has 0 fully saturated rings. The van der Waals surface area contributed by atoms with Gasteiger partial charge in [-0.05, 0) is 24.3 Å². The zero-order valence-corrected chi connectivity index (χ0v) is 15.4. The summed E-state index contributed by atoms with van der Waals surface area (Å²) >= 11 is 0. The first-order valence-corrected chi connectivity index (χ1v) is 9.19. The van der Waals surface area contributed by atoms with Crippen LogP contribution in [0.2, 0.25) is 0 Å². The molecule has 0 saturated heterocycles. The first-order valence-electron chi connectivity index (χ1n) is 9.19. The Morgan fingerprint density at radius 2 is 1.69 bits per heavy atom. The second kappa shape index (κ2) is 7.12. The lowest BCUT2D eigenvalue weighted by atomic mass is 10.1. The fourth-order valence-corrected chi connectivity index (χ4v) is 3.15. The molecule has 7 heteroatoms. The number of benzene rings is 2. The van der Waals surface area contributed by atoms with Crippen LogP contribution in [0.1, 0.15) is 16.3 Å². The Hall–Kier alpha value is -4.13. The van der Waals surface area contributed by atoms with Gasteiger partial charge in [-0.25, -0.2) is 4.98 Å². The molecule has 140 valence electrons. The molecule has 0 spiro atoms. The molecular weight excluding hydrogens is 364 g/mol. The molecule has 1 amide bonds. The number of para-hydroxylation sites is 1. The van der Waals surface area contributed by atoms with Crippen molar-refractivity contribution >= 4 is 22.5 Å². The SMILES string of the molecule is O=C(NCc1nnc2ccc(-c3ccccc3)nn12)c1ccc2ccccc2n1. The molecule has 5 rings (SSSR count). The predicted molar refractivity (Wildman–Crippen MR) is 109 cm³/mol. The summed E-state index contributed by atoms with van der Waals surface area (Å²) < 4.78 is 1.65. The third kappa shape index (κ3) is 3.29. The van der Waals surface area contributed by atoms with Gasteiger partial charge in [0.25, 0.3) is 5.91 Å². The van der Waals surface area contributed by atoms with Crippen molar-refractivity contribution in [2.24, 2.45) is 0 Å². The van der Waals surface area contributed by atoms with Crippen molar-refractivity contribution in [2.75, 3.05) is 0 Å². The molecule has 29 heavy (non-hydrogen) atoms. The number of aromatic nitrogens is 5. The number of hydrogen-bond acceptors (Lipinski definition) is 5. The fraction of sp³-hybridized carbons (Fsp3) is 0.0455. The van der Waals surface area contributed by atoms with E-state index in [0.29, 0.717) is 17.2 Å². The molecule has 0 aliphatic rings. The topological polar surface area (TPSA) is 85.1 Å². The van der Waals surface area contributed by atoms with Crippen LogP contribution >= 0.6 is 0 Å². The largest absolute Gasteiger partial charge is 0.343 e. The number of hydrogen-bond donors (Lipinski definition) is 1. The van der Waals surface area contributed by atoms with Crippen molar-refractivity contribution in [1.82, 2.24) is 30.1 Å². The fourth-order valence-electron chi connectivity index (χ4n) is 3.15. The van der Waals surface area contributed by atoms with E-state index in [0.717, 1.165) is 22.2 Å². The molecule has 0 bridgehead atoms. The number of pyridine rings is 1. The Kier molecular flexibility index (Phi) is 4.18. The maximum Gasteiger partial charge on any atom is 0.270 e. The minimum Gasteiger partial charge on any atom is -0.343 e. The van der Waals surface area contributed by atoms with E-state index in [9.17, 15) is 4.79 Å². The molecule has 3 heterocycles. The molecule has 0 unspecified atom stereocenters. The number of fused-ring (bicyclic) bond motifs is 2. The van der Waals surface area contributed by atoms with Gasteiger partial charge in [0.05, 0.1) is 17.8 Å². The lowest BCUT2D eigenvalue weighted by Gasteiger charge is -2.06. The van der Waals surface area contributed by atoms with E-state index in [1.807, 2.05) is 72.8 Å². The highest BCUT2D eigenvalue weighted by atomic mass is 16.1. The molecule has 0 aliphatic carbocycles. The molecule has 5 aromatic rings. The minimum absolute atomic E-state index is 0.194. The van der Waals surface area contributed by atoms with Crippen molar-refractivity contribution < 1.29 is 4.79 Å².